The fourth-order valence-corrected chi connectivity index (χ4v) is 11.6. The first kappa shape index (κ1) is 33.7. The summed E-state index contributed by atoms with van der Waals surface area (Å²) in [6.45, 7) is 9.52. The van der Waals surface area contributed by atoms with E-state index in [4.69, 9.17) is 17.7 Å². The van der Waals surface area contributed by atoms with Crippen molar-refractivity contribution in [2.45, 2.75) is 89.7 Å². The van der Waals surface area contributed by atoms with Crippen LogP contribution in [0.4, 0.5) is 5.69 Å². The van der Waals surface area contributed by atoms with E-state index in [0.29, 0.717) is 31.5 Å². The van der Waals surface area contributed by atoms with Crippen LogP contribution >= 0.6 is 0 Å². The van der Waals surface area contributed by atoms with Gasteiger partial charge in [-0.1, -0.05) is 56.0 Å². The van der Waals surface area contributed by atoms with Gasteiger partial charge >= 0.3 is 8.80 Å². The molecule has 3 N–H and O–H groups in total. The molecule has 0 bridgehead atoms. The third-order valence-corrected chi connectivity index (χ3v) is 13.7. The molecule has 2 atom stereocenters. The molecule has 10 heteroatoms. The lowest BCUT2D eigenvalue weighted by atomic mass is 9.97. The molecule has 41 heavy (non-hydrogen) atoms. The molecular weight excluding hydrogens is 553 g/mol. The topological polar surface area (TPSA) is 98.3 Å². The van der Waals surface area contributed by atoms with E-state index in [1.165, 1.54) is 25.7 Å². The van der Waals surface area contributed by atoms with E-state index in [1.54, 1.807) is 14.2 Å². The van der Waals surface area contributed by atoms with E-state index in [1.807, 2.05) is 25.1 Å². The molecule has 0 radical (unpaired) electrons. The standard InChI is InChI=1S/C31H52N2O6Si2/c1-24(33-31(35)19-16-25-12-7-8-13-25)27-17-18-30(29-15-10-9-14-28(27)29)32-22-26(34)23-38-20-11-21-41(36-2,37-3)39-40(4,5)6/h9-10,14-15,17-18,24-26,32,34H,7-8,11-13,16,19-23H2,1-6H3,(H,33,35)/t24-,26?/m1/s1. The molecule has 1 amide bonds. The number of anilines is 1. The molecule has 1 saturated carbocycles. The first-order chi connectivity index (χ1) is 19.6. The smallest absolute Gasteiger partial charge is 0.416 e. The van der Waals surface area contributed by atoms with Gasteiger partial charge in [-0.2, -0.15) is 0 Å². The maximum atomic E-state index is 12.6. The molecule has 230 valence electrons. The Kier molecular flexibility index (Phi) is 13.3. The van der Waals surface area contributed by atoms with Gasteiger partial charge in [0, 0.05) is 50.9 Å². The van der Waals surface area contributed by atoms with Gasteiger partial charge in [0.1, 0.15) is 0 Å². The first-order valence-corrected chi connectivity index (χ1v) is 20.5. The maximum absolute atomic E-state index is 12.6. The van der Waals surface area contributed by atoms with Crippen molar-refractivity contribution in [3.8, 4) is 0 Å². The zero-order valence-electron chi connectivity index (χ0n) is 26.0. The Morgan fingerprint density at radius 3 is 2.39 bits per heavy atom. The Morgan fingerprint density at radius 2 is 1.73 bits per heavy atom. The molecule has 3 rings (SSSR count). The number of hydrogen-bond acceptors (Lipinski definition) is 7. The Balaban J connectivity index is 1.47. The van der Waals surface area contributed by atoms with Crippen molar-refractivity contribution in [1.82, 2.24) is 5.32 Å². The largest absolute Gasteiger partial charge is 0.490 e. The van der Waals surface area contributed by atoms with Crippen molar-refractivity contribution >= 4 is 39.5 Å². The van der Waals surface area contributed by atoms with Crippen LogP contribution in [0.3, 0.4) is 0 Å². The zero-order chi connectivity index (χ0) is 29.9. The molecule has 1 aliphatic carbocycles. The van der Waals surface area contributed by atoms with Crippen molar-refractivity contribution in [3.63, 3.8) is 0 Å². The number of nitrogens with one attached hydrogen (secondary N) is 2. The Morgan fingerprint density at radius 1 is 1.05 bits per heavy atom. The third kappa shape index (κ3) is 10.8. The summed E-state index contributed by atoms with van der Waals surface area (Å²) in [6.07, 6.45) is 6.81. The van der Waals surface area contributed by atoms with Crippen LogP contribution in [-0.2, 0) is 22.5 Å². The van der Waals surface area contributed by atoms with Gasteiger partial charge in [-0.05, 0) is 62.3 Å². The number of aliphatic hydroxyl groups excluding tert-OH is 1. The molecule has 0 aliphatic heterocycles. The molecule has 2 aromatic rings. The van der Waals surface area contributed by atoms with Crippen LogP contribution in [0, 0.1) is 5.92 Å². The summed E-state index contributed by atoms with van der Waals surface area (Å²) in [6, 6.07) is 12.9. The number of benzene rings is 2. The lowest BCUT2D eigenvalue weighted by Gasteiger charge is -2.33. The second-order valence-corrected chi connectivity index (χ2v) is 20.0. The van der Waals surface area contributed by atoms with Gasteiger partial charge in [0.05, 0.1) is 18.8 Å². The van der Waals surface area contributed by atoms with Crippen molar-refractivity contribution < 1.29 is 27.6 Å². The molecule has 1 aliphatic rings. The fraction of sp³-hybridized carbons (Fsp3) is 0.645. The van der Waals surface area contributed by atoms with Crippen LogP contribution < -0.4 is 10.6 Å². The van der Waals surface area contributed by atoms with E-state index >= 15 is 0 Å². The van der Waals surface area contributed by atoms with Crippen molar-refractivity contribution in [1.29, 1.82) is 0 Å². The molecular formula is C31H52N2O6Si2. The van der Waals surface area contributed by atoms with Crippen LogP contribution in [0.15, 0.2) is 36.4 Å². The average molecular weight is 605 g/mol. The molecule has 8 nitrogen and oxygen atoms in total. The fourth-order valence-electron chi connectivity index (χ4n) is 5.66. The Hall–Kier alpha value is -1.80. The van der Waals surface area contributed by atoms with E-state index in [-0.39, 0.29) is 18.6 Å². The van der Waals surface area contributed by atoms with Gasteiger partial charge in [0.2, 0.25) is 5.91 Å². The van der Waals surface area contributed by atoms with E-state index in [2.05, 4.69) is 48.5 Å². The number of carbonyl (C=O) groups is 1. The lowest BCUT2D eigenvalue weighted by Crippen LogP contribution is -2.51. The Bertz CT molecular complexity index is 1090. The second-order valence-electron chi connectivity index (χ2n) is 12.2. The van der Waals surface area contributed by atoms with Crippen molar-refractivity contribution in [3.05, 3.63) is 42.0 Å². The normalized spacial score (nSPS) is 16.2. The third-order valence-electron chi connectivity index (χ3n) is 7.75. The summed E-state index contributed by atoms with van der Waals surface area (Å²) < 4.78 is 23.4. The molecule has 1 unspecified atom stereocenters. The minimum absolute atomic E-state index is 0.0850. The number of fused-ring (bicyclic) bond motifs is 1. The van der Waals surface area contributed by atoms with Gasteiger partial charge < -0.3 is 33.4 Å². The lowest BCUT2D eigenvalue weighted by molar-refractivity contribution is -0.122. The quantitative estimate of drug-likeness (QED) is 0.137. The van der Waals surface area contributed by atoms with Gasteiger partial charge in [0.15, 0.2) is 8.32 Å². The summed E-state index contributed by atoms with van der Waals surface area (Å²) in [5, 5.41) is 19.3. The number of ether oxygens (including phenoxy) is 1. The number of amides is 1. The van der Waals surface area contributed by atoms with Gasteiger partial charge in [-0.3, -0.25) is 4.79 Å². The highest BCUT2D eigenvalue weighted by molar-refractivity contribution is 6.79. The van der Waals surface area contributed by atoms with Crippen LogP contribution in [0.25, 0.3) is 10.8 Å². The number of aliphatic hydroxyl groups is 1. The number of hydrogen-bond donors (Lipinski definition) is 3. The summed E-state index contributed by atoms with van der Waals surface area (Å²) in [4.78, 5) is 12.6. The minimum atomic E-state index is -2.69. The van der Waals surface area contributed by atoms with Crippen LogP contribution in [0.5, 0.6) is 0 Å². The zero-order valence-corrected chi connectivity index (χ0v) is 28.0. The summed E-state index contributed by atoms with van der Waals surface area (Å²) in [7, 11) is -1.20. The molecule has 0 heterocycles. The summed E-state index contributed by atoms with van der Waals surface area (Å²) in [5.41, 5.74) is 2.04. The minimum Gasteiger partial charge on any atom is -0.416 e. The van der Waals surface area contributed by atoms with E-state index in [9.17, 15) is 9.90 Å². The second kappa shape index (κ2) is 16.2. The first-order valence-electron chi connectivity index (χ1n) is 15.2. The monoisotopic (exact) mass is 604 g/mol. The number of carbonyl (C=O) groups excluding carboxylic acids is 1. The number of rotatable bonds is 18. The van der Waals surface area contributed by atoms with Crippen LogP contribution in [0.1, 0.15) is 63.5 Å². The highest BCUT2D eigenvalue weighted by Crippen LogP contribution is 2.31. The summed E-state index contributed by atoms with van der Waals surface area (Å²) >= 11 is 0. The SMILES string of the molecule is CO[Si](CCCOCC(O)CNc1ccc([C@@H](C)NC(=O)CCC2CCCC2)c2ccccc12)(OC)O[Si](C)(C)C. The van der Waals surface area contributed by atoms with Gasteiger partial charge in [-0.15, -0.1) is 0 Å². The maximum Gasteiger partial charge on any atom is 0.490 e. The summed E-state index contributed by atoms with van der Waals surface area (Å²) in [5.74, 6) is 0.838. The van der Waals surface area contributed by atoms with Gasteiger partial charge in [0.25, 0.3) is 0 Å². The highest BCUT2D eigenvalue weighted by atomic mass is 28.5. The van der Waals surface area contributed by atoms with E-state index in [0.717, 1.165) is 34.9 Å². The molecule has 0 aromatic heterocycles. The van der Waals surface area contributed by atoms with Crippen LogP contribution in [0.2, 0.25) is 25.7 Å². The molecule has 0 saturated heterocycles. The van der Waals surface area contributed by atoms with Crippen LogP contribution in [-0.4, -0.2) is 68.2 Å². The predicted molar refractivity (Wildman–Crippen MR) is 171 cm³/mol. The van der Waals surface area contributed by atoms with Crippen molar-refractivity contribution in [2.24, 2.45) is 5.92 Å². The molecule has 2 aromatic carbocycles. The molecule has 1 fully saturated rings. The van der Waals surface area contributed by atoms with Crippen molar-refractivity contribution in [2.75, 3.05) is 39.3 Å². The van der Waals surface area contributed by atoms with E-state index < -0.39 is 23.2 Å². The Labute approximate surface area is 249 Å². The average Bonchev–Trinajstić information content (AvgIpc) is 3.47. The molecule has 0 spiro atoms. The van der Waals surface area contributed by atoms with Gasteiger partial charge in [-0.25, -0.2) is 0 Å². The highest BCUT2D eigenvalue weighted by Gasteiger charge is 2.42. The predicted octanol–water partition coefficient (Wildman–Crippen LogP) is 6.25.